The Morgan fingerprint density at radius 3 is 2.90 bits per heavy atom. The van der Waals surface area contributed by atoms with Crippen molar-refractivity contribution in [2.45, 2.75) is 39.2 Å². The number of carbonyl (C=O) groups excluding carboxylic acids is 1. The van der Waals surface area contributed by atoms with Crippen LogP contribution in [0.2, 0.25) is 0 Å². The van der Waals surface area contributed by atoms with Crippen LogP contribution in [-0.4, -0.2) is 29.8 Å². The Kier molecular flexibility index (Phi) is 4.88. The molecule has 2 atom stereocenters. The molecular weight excluding hydrogens is 266 g/mol. The highest BCUT2D eigenvalue weighted by molar-refractivity contribution is 5.79. The number of amides is 1. The van der Waals surface area contributed by atoms with Crippen molar-refractivity contribution in [3.8, 4) is 5.75 Å². The van der Waals surface area contributed by atoms with Gasteiger partial charge in [-0.05, 0) is 37.3 Å². The van der Waals surface area contributed by atoms with Crippen LogP contribution in [0, 0.1) is 11.8 Å². The van der Waals surface area contributed by atoms with Crippen molar-refractivity contribution in [2.75, 3.05) is 13.2 Å². The van der Waals surface area contributed by atoms with Crippen LogP contribution in [0.5, 0.6) is 5.75 Å². The van der Waals surface area contributed by atoms with E-state index in [1.807, 2.05) is 24.3 Å². The fourth-order valence-corrected chi connectivity index (χ4v) is 2.87. The van der Waals surface area contributed by atoms with E-state index in [4.69, 9.17) is 4.74 Å². The molecule has 0 aliphatic carbocycles. The summed E-state index contributed by atoms with van der Waals surface area (Å²) in [5, 5.41) is 13.1. The van der Waals surface area contributed by atoms with Crippen LogP contribution in [0.15, 0.2) is 24.3 Å². The van der Waals surface area contributed by atoms with E-state index in [2.05, 4.69) is 19.2 Å². The second kappa shape index (κ2) is 6.48. The van der Waals surface area contributed by atoms with Crippen molar-refractivity contribution < 1.29 is 14.6 Å². The minimum atomic E-state index is -0.864. The molecule has 21 heavy (non-hydrogen) atoms. The van der Waals surface area contributed by atoms with E-state index in [1.54, 1.807) is 6.92 Å². The quantitative estimate of drug-likeness (QED) is 0.874. The Labute approximate surface area is 126 Å². The van der Waals surface area contributed by atoms with E-state index in [9.17, 15) is 9.90 Å². The third kappa shape index (κ3) is 4.46. The minimum Gasteiger partial charge on any atom is -0.492 e. The number of hydrogen-bond acceptors (Lipinski definition) is 3. The number of aliphatic hydroxyl groups is 1. The van der Waals surface area contributed by atoms with Gasteiger partial charge in [0.15, 0.2) is 0 Å². The molecule has 0 spiro atoms. The molecule has 1 aliphatic heterocycles. The Morgan fingerprint density at radius 2 is 2.19 bits per heavy atom. The smallest absolute Gasteiger partial charge is 0.226 e. The van der Waals surface area contributed by atoms with Crippen LogP contribution in [0.1, 0.15) is 32.8 Å². The molecule has 0 saturated carbocycles. The van der Waals surface area contributed by atoms with E-state index in [0.717, 1.165) is 11.3 Å². The second-order valence-electron chi connectivity index (χ2n) is 6.63. The molecule has 0 aromatic heterocycles. The fraction of sp³-hybridized carbons (Fsp3) is 0.588. The lowest BCUT2D eigenvalue weighted by molar-refractivity contribution is -0.127. The molecule has 1 aliphatic rings. The first-order chi connectivity index (χ1) is 9.87. The summed E-state index contributed by atoms with van der Waals surface area (Å²) in [4.78, 5) is 12.2. The Balaban J connectivity index is 1.88. The highest BCUT2D eigenvalue weighted by atomic mass is 16.5. The third-order valence-corrected chi connectivity index (χ3v) is 3.74. The maximum Gasteiger partial charge on any atom is 0.226 e. The number of carbonyl (C=O) groups is 1. The largest absolute Gasteiger partial charge is 0.492 e. The third-order valence-electron chi connectivity index (χ3n) is 3.74. The van der Waals surface area contributed by atoms with Crippen LogP contribution >= 0.6 is 0 Å². The van der Waals surface area contributed by atoms with Gasteiger partial charge in [-0.3, -0.25) is 4.79 Å². The molecule has 0 bridgehead atoms. The van der Waals surface area contributed by atoms with E-state index in [1.165, 1.54) is 0 Å². The summed E-state index contributed by atoms with van der Waals surface area (Å²) in [6, 6.07) is 7.80. The average Bonchev–Trinajstić information content (AvgIpc) is 2.43. The summed E-state index contributed by atoms with van der Waals surface area (Å²) in [7, 11) is 0. The molecule has 0 fully saturated rings. The summed E-state index contributed by atoms with van der Waals surface area (Å²) < 4.78 is 5.63. The van der Waals surface area contributed by atoms with Crippen molar-refractivity contribution >= 4 is 5.91 Å². The fourth-order valence-electron chi connectivity index (χ4n) is 2.87. The number of nitrogens with one attached hydrogen (secondary N) is 1. The van der Waals surface area contributed by atoms with E-state index in [-0.39, 0.29) is 18.4 Å². The predicted octanol–water partition coefficient (Wildman–Crippen LogP) is 2.15. The van der Waals surface area contributed by atoms with Gasteiger partial charge in [0.1, 0.15) is 12.4 Å². The lowest BCUT2D eigenvalue weighted by Gasteiger charge is -2.28. The van der Waals surface area contributed by atoms with Gasteiger partial charge in [-0.15, -0.1) is 0 Å². The van der Waals surface area contributed by atoms with Gasteiger partial charge >= 0.3 is 0 Å². The van der Waals surface area contributed by atoms with Crippen molar-refractivity contribution in [3.05, 3.63) is 29.8 Å². The van der Waals surface area contributed by atoms with Crippen LogP contribution in [0.4, 0.5) is 0 Å². The monoisotopic (exact) mass is 291 g/mol. The topological polar surface area (TPSA) is 58.6 Å². The zero-order chi connectivity index (χ0) is 15.5. The first kappa shape index (κ1) is 15.8. The number of fused-ring (bicyclic) bond motifs is 1. The normalized spacial score (nSPS) is 20.3. The highest BCUT2D eigenvalue weighted by Gasteiger charge is 2.28. The SMILES string of the molecule is CC(C)CC(C)(O)CNC(=O)C1COc2ccccc2C1. The molecule has 2 unspecified atom stereocenters. The summed E-state index contributed by atoms with van der Waals surface area (Å²) >= 11 is 0. The Morgan fingerprint density at radius 1 is 1.48 bits per heavy atom. The molecule has 116 valence electrons. The summed E-state index contributed by atoms with van der Waals surface area (Å²) in [6.45, 7) is 6.56. The molecule has 2 N–H and O–H groups in total. The maximum atomic E-state index is 12.2. The number of para-hydroxylation sites is 1. The summed E-state index contributed by atoms with van der Waals surface area (Å²) in [5.41, 5.74) is 0.204. The Hall–Kier alpha value is -1.55. The summed E-state index contributed by atoms with van der Waals surface area (Å²) in [5.74, 6) is 1.03. The number of hydrogen-bond donors (Lipinski definition) is 2. The van der Waals surface area contributed by atoms with Gasteiger partial charge in [-0.2, -0.15) is 0 Å². The Bertz CT molecular complexity index is 497. The molecule has 1 heterocycles. The molecule has 1 aromatic carbocycles. The van der Waals surface area contributed by atoms with Crippen LogP contribution < -0.4 is 10.1 Å². The molecule has 1 aromatic rings. The zero-order valence-electron chi connectivity index (χ0n) is 13.1. The van der Waals surface area contributed by atoms with Gasteiger partial charge in [-0.1, -0.05) is 32.0 Å². The van der Waals surface area contributed by atoms with Crippen LogP contribution in [0.25, 0.3) is 0 Å². The van der Waals surface area contributed by atoms with Crippen molar-refractivity contribution in [1.82, 2.24) is 5.32 Å². The molecule has 2 rings (SSSR count). The first-order valence-electron chi connectivity index (χ1n) is 7.58. The molecule has 0 radical (unpaired) electrons. The highest BCUT2D eigenvalue weighted by Crippen LogP contribution is 2.27. The predicted molar refractivity (Wildman–Crippen MR) is 82.2 cm³/mol. The molecular formula is C17H25NO3. The lowest BCUT2D eigenvalue weighted by Crippen LogP contribution is -2.45. The first-order valence-corrected chi connectivity index (χ1v) is 7.58. The maximum absolute atomic E-state index is 12.2. The molecule has 4 heteroatoms. The van der Waals surface area contributed by atoms with E-state index >= 15 is 0 Å². The number of benzene rings is 1. The number of rotatable bonds is 5. The van der Waals surface area contributed by atoms with Gasteiger partial charge in [0.25, 0.3) is 0 Å². The van der Waals surface area contributed by atoms with E-state index in [0.29, 0.717) is 25.4 Å². The standard InChI is InChI=1S/C17H25NO3/c1-12(2)9-17(3,20)11-18-16(19)14-8-13-6-4-5-7-15(13)21-10-14/h4-7,12,14,20H,8-11H2,1-3H3,(H,18,19). The van der Waals surface area contributed by atoms with Gasteiger partial charge in [-0.25, -0.2) is 0 Å². The zero-order valence-corrected chi connectivity index (χ0v) is 13.1. The van der Waals surface area contributed by atoms with Crippen molar-refractivity contribution in [3.63, 3.8) is 0 Å². The average molecular weight is 291 g/mol. The molecule has 1 amide bonds. The summed E-state index contributed by atoms with van der Waals surface area (Å²) in [6.07, 6.45) is 1.35. The second-order valence-corrected chi connectivity index (χ2v) is 6.63. The van der Waals surface area contributed by atoms with Crippen LogP contribution in [-0.2, 0) is 11.2 Å². The van der Waals surface area contributed by atoms with E-state index < -0.39 is 5.60 Å². The van der Waals surface area contributed by atoms with Crippen molar-refractivity contribution in [1.29, 1.82) is 0 Å². The van der Waals surface area contributed by atoms with Crippen molar-refractivity contribution in [2.24, 2.45) is 11.8 Å². The lowest BCUT2D eigenvalue weighted by atomic mass is 9.93. The molecule has 4 nitrogen and oxygen atoms in total. The van der Waals surface area contributed by atoms with Gasteiger partial charge in [0, 0.05) is 6.54 Å². The van der Waals surface area contributed by atoms with Gasteiger partial charge in [0.2, 0.25) is 5.91 Å². The van der Waals surface area contributed by atoms with Gasteiger partial charge < -0.3 is 15.2 Å². The van der Waals surface area contributed by atoms with Crippen LogP contribution in [0.3, 0.4) is 0 Å². The number of ether oxygens (including phenoxy) is 1. The van der Waals surface area contributed by atoms with Gasteiger partial charge in [0.05, 0.1) is 11.5 Å². The molecule has 0 saturated heterocycles. The minimum absolute atomic E-state index is 0.0477.